The fourth-order valence-corrected chi connectivity index (χ4v) is 3.14. The first kappa shape index (κ1) is 15.2. The summed E-state index contributed by atoms with van der Waals surface area (Å²) in [7, 11) is 1.64. The standard InChI is InChI=1S/C14H10Br2Cl2O/c1-19-13-5-3-8(6-10(13)15)14(16)9-2-4-11(17)12(18)7-9/h2-7,14H,1H3. The maximum atomic E-state index is 6.04. The van der Waals surface area contributed by atoms with Gasteiger partial charge in [-0.05, 0) is 51.3 Å². The van der Waals surface area contributed by atoms with Crippen LogP contribution in [-0.2, 0) is 0 Å². The second-order valence-electron chi connectivity index (χ2n) is 3.93. The molecule has 5 heteroatoms. The molecular formula is C14H10Br2Cl2O. The first-order valence-electron chi connectivity index (χ1n) is 5.45. The Hall–Kier alpha value is -0.220. The van der Waals surface area contributed by atoms with E-state index < -0.39 is 0 Å². The van der Waals surface area contributed by atoms with E-state index in [2.05, 4.69) is 31.9 Å². The molecule has 0 amide bonds. The van der Waals surface area contributed by atoms with Gasteiger partial charge in [-0.3, -0.25) is 0 Å². The molecular weight excluding hydrogens is 415 g/mol. The van der Waals surface area contributed by atoms with Gasteiger partial charge in [0, 0.05) is 0 Å². The van der Waals surface area contributed by atoms with Gasteiger partial charge < -0.3 is 4.74 Å². The predicted molar refractivity (Wildman–Crippen MR) is 87.9 cm³/mol. The largest absolute Gasteiger partial charge is 0.496 e. The molecule has 0 radical (unpaired) electrons. The average molecular weight is 425 g/mol. The van der Waals surface area contributed by atoms with Crippen LogP contribution in [-0.4, -0.2) is 7.11 Å². The summed E-state index contributed by atoms with van der Waals surface area (Å²) in [6.07, 6.45) is 0. The molecule has 0 aromatic heterocycles. The Labute approximate surface area is 139 Å². The van der Waals surface area contributed by atoms with Crippen molar-refractivity contribution in [1.82, 2.24) is 0 Å². The molecule has 2 rings (SSSR count). The summed E-state index contributed by atoms with van der Waals surface area (Å²) in [5.41, 5.74) is 2.15. The molecule has 0 N–H and O–H groups in total. The number of hydrogen-bond donors (Lipinski definition) is 0. The zero-order valence-electron chi connectivity index (χ0n) is 9.96. The fraction of sp³-hybridized carbons (Fsp3) is 0.143. The number of alkyl halides is 1. The smallest absolute Gasteiger partial charge is 0.133 e. The van der Waals surface area contributed by atoms with E-state index in [0.717, 1.165) is 21.3 Å². The third-order valence-electron chi connectivity index (χ3n) is 2.70. The summed E-state index contributed by atoms with van der Waals surface area (Å²) in [4.78, 5) is 0.0458. The molecule has 0 bridgehead atoms. The Morgan fingerprint density at radius 2 is 1.63 bits per heavy atom. The van der Waals surface area contributed by atoms with Crippen molar-refractivity contribution in [2.24, 2.45) is 0 Å². The SMILES string of the molecule is COc1ccc(C(Br)c2ccc(Cl)c(Cl)c2)cc1Br. The Morgan fingerprint density at radius 3 is 2.21 bits per heavy atom. The minimum Gasteiger partial charge on any atom is -0.496 e. The molecule has 1 atom stereocenters. The highest BCUT2D eigenvalue weighted by atomic mass is 79.9. The molecule has 19 heavy (non-hydrogen) atoms. The maximum Gasteiger partial charge on any atom is 0.133 e. The van der Waals surface area contributed by atoms with Crippen molar-refractivity contribution < 1.29 is 4.74 Å². The quantitative estimate of drug-likeness (QED) is 0.529. The van der Waals surface area contributed by atoms with E-state index in [1.165, 1.54) is 0 Å². The van der Waals surface area contributed by atoms with E-state index in [4.69, 9.17) is 27.9 Å². The zero-order chi connectivity index (χ0) is 14.0. The molecule has 100 valence electrons. The van der Waals surface area contributed by atoms with Crippen LogP contribution in [0.2, 0.25) is 10.0 Å². The van der Waals surface area contributed by atoms with Crippen LogP contribution in [0.1, 0.15) is 16.0 Å². The molecule has 0 aliphatic heterocycles. The van der Waals surface area contributed by atoms with E-state index in [0.29, 0.717) is 10.0 Å². The molecule has 0 spiro atoms. The number of ether oxygens (including phenoxy) is 1. The normalized spacial score (nSPS) is 12.3. The van der Waals surface area contributed by atoms with Crippen molar-refractivity contribution in [3.8, 4) is 5.75 Å². The lowest BCUT2D eigenvalue weighted by molar-refractivity contribution is 0.412. The van der Waals surface area contributed by atoms with E-state index in [-0.39, 0.29) is 4.83 Å². The van der Waals surface area contributed by atoms with Gasteiger partial charge in [0.1, 0.15) is 5.75 Å². The van der Waals surface area contributed by atoms with Gasteiger partial charge in [-0.1, -0.05) is 51.3 Å². The lowest BCUT2D eigenvalue weighted by Gasteiger charge is -2.13. The van der Waals surface area contributed by atoms with Crippen molar-refractivity contribution in [1.29, 1.82) is 0 Å². The lowest BCUT2D eigenvalue weighted by Crippen LogP contribution is -1.94. The molecule has 0 saturated heterocycles. The highest BCUT2D eigenvalue weighted by Gasteiger charge is 2.13. The molecule has 0 heterocycles. The van der Waals surface area contributed by atoms with Gasteiger partial charge >= 0.3 is 0 Å². The second kappa shape index (κ2) is 6.49. The molecule has 0 aliphatic rings. The van der Waals surface area contributed by atoms with E-state index in [1.54, 1.807) is 13.2 Å². The monoisotopic (exact) mass is 422 g/mol. The van der Waals surface area contributed by atoms with Crippen molar-refractivity contribution in [3.63, 3.8) is 0 Å². The first-order valence-corrected chi connectivity index (χ1v) is 7.92. The van der Waals surface area contributed by atoms with E-state index in [9.17, 15) is 0 Å². The molecule has 0 saturated carbocycles. The Morgan fingerprint density at radius 1 is 1.00 bits per heavy atom. The maximum absolute atomic E-state index is 6.04. The van der Waals surface area contributed by atoms with Gasteiger partial charge in [0.25, 0.3) is 0 Å². The third kappa shape index (κ3) is 3.46. The third-order valence-corrected chi connectivity index (χ3v) is 5.12. The second-order valence-corrected chi connectivity index (χ2v) is 6.51. The summed E-state index contributed by atoms with van der Waals surface area (Å²) < 4.78 is 6.13. The van der Waals surface area contributed by atoms with Crippen LogP contribution < -0.4 is 4.74 Å². The molecule has 0 aliphatic carbocycles. The number of methoxy groups -OCH3 is 1. The summed E-state index contributed by atoms with van der Waals surface area (Å²) >= 11 is 19.1. The summed E-state index contributed by atoms with van der Waals surface area (Å²) in [6, 6.07) is 11.6. The van der Waals surface area contributed by atoms with Gasteiger partial charge in [0.2, 0.25) is 0 Å². The van der Waals surface area contributed by atoms with Crippen LogP contribution in [0.3, 0.4) is 0 Å². The van der Waals surface area contributed by atoms with Crippen molar-refractivity contribution >= 4 is 55.1 Å². The first-order chi connectivity index (χ1) is 9.02. The van der Waals surface area contributed by atoms with Gasteiger partial charge in [-0.25, -0.2) is 0 Å². The predicted octanol–water partition coefficient (Wildman–Crippen LogP) is 6.25. The molecule has 2 aromatic rings. The van der Waals surface area contributed by atoms with Gasteiger partial charge in [0.15, 0.2) is 0 Å². The highest BCUT2D eigenvalue weighted by molar-refractivity contribution is 9.10. The van der Waals surface area contributed by atoms with Crippen LogP contribution in [0, 0.1) is 0 Å². The Balaban J connectivity index is 2.35. The topological polar surface area (TPSA) is 9.23 Å². The summed E-state index contributed by atoms with van der Waals surface area (Å²) in [6.45, 7) is 0. The highest BCUT2D eigenvalue weighted by Crippen LogP contribution is 2.37. The average Bonchev–Trinajstić information content (AvgIpc) is 2.41. The Kier molecular flexibility index (Phi) is 5.18. The van der Waals surface area contributed by atoms with E-state index >= 15 is 0 Å². The van der Waals surface area contributed by atoms with Crippen molar-refractivity contribution in [2.75, 3.05) is 7.11 Å². The molecule has 1 unspecified atom stereocenters. The van der Waals surface area contributed by atoms with Crippen LogP contribution >= 0.6 is 55.1 Å². The Bertz CT molecular complexity index is 602. The van der Waals surface area contributed by atoms with Gasteiger partial charge in [-0.15, -0.1) is 0 Å². The minimum atomic E-state index is 0.0458. The minimum absolute atomic E-state index is 0.0458. The molecule has 2 aromatic carbocycles. The van der Waals surface area contributed by atoms with E-state index in [1.807, 2.05) is 30.3 Å². The van der Waals surface area contributed by atoms with Crippen LogP contribution in [0.15, 0.2) is 40.9 Å². The lowest BCUT2D eigenvalue weighted by atomic mass is 10.0. The van der Waals surface area contributed by atoms with Crippen LogP contribution in [0.4, 0.5) is 0 Å². The number of hydrogen-bond acceptors (Lipinski definition) is 1. The fourth-order valence-electron chi connectivity index (χ4n) is 1.70. The number of halogens is 4. The van der Waals surface area contributed by atoms with Crippen molar-refractivity contribution in [3.05, 3.63) is 62.0 Å². The molecule has 0 fully saturated rings. The van der Waals surface area contributed by atoms with Gasteiger partial charge in [-0.2, -0.15) is 0 Å². The number of benzene rings is 2. The van der Waals surface area contributed by atoms with Crippen LogP contribution in [0.25, 0.3) is 0 Å². The summed E-state index contributed by atoms with van der Waals surface area (Å²) in [5.74, 6) is 0.803. The summed E-state index contributed by atoms with van der Waals surface area (Å²) in [5, 5.41) is 1.11. The van der Waals surface area contributed by atoms with Crippen LogP contribution in [0.5, 0.6) is 5.75 Å². The zero-order valence-corrected chi connectivity index (χ0v) is 14.6. The molecule has 1 nitrogen and oxygen atoms in total. The van der Waals surface area contributed by atoms with Gasteiger partial charge in [0.05, 0.1) is 26.5 Å². The number of rotatable bonds is 3. The van der Waals surface area contributed by atoms with Crippen molar-refractivity contribution in [2.45, 2.75) is 4.83 Å².